The fraction of sp³-hybridized carbons (Fsp3) is 0.186. The quantitative estimate of drug-likeness (QED) is 0.128. The van der Waals surface area contributed by atoms with E-state index in [2.05, 4.69) is 183 Å². The van der Waals surface area contributed by atoms with E-state index in [9.17, 15) is 0 Å². The molecule has 50 heavy (non-hydrogen) atoms. The largest absolute Gasteiger partial charge is 0.358 e. The van der Waals surface area contributed by atoms with Crippen molar-refractivity contribution in [3.8, 4) is 5.82 Å². The number of nitrogens with zero attached hydrogens (tertiary/aromatic N) is 5. The van der Waals surface area contributed by atoms with Crippen LogP contribution in [0.25, 0.3) is 27.6 Å². The molecule has 7 heteroatoms. The molecule has 0 saturated heterocycles. The van der Waals surface area contributed by atoms with Gasteiger partial charge in [0.1, 0.15) is 22.7 Å². The summed E-state index contributed by atoms with van der Waals surface area (Å²) < 4.78 is 2.24. The Balaban J connectivity index is 0.00000392. The zero-order valence-corrected chi connectivity index (χ0v) is 31.4. The smallest absolute Gasteiger partial charge is 0.145 e. The van der Waals surface area contributed by atoms with E-state index in [1.807, 2.05) is 17.3 Å². The van der Waals surface area contributed by atoms with Gasteiger partial charge in [-0.1, -0.05) is 86.2 Å². The maximum absolute atomic E-state index is 5.08. The second kappa shape index (κ2) is 12.8. The molecular weight excluding hydrogens is 798 g/mol. The fourth-order valence-corrected chi connectivity index (χ4v) is 6.62. The number of para-hydroxylation sites is 4. The third-order valence-electron chi connectivity index (χ3n) is 9.05. The van der Waals surface area contributed by atoms with Crippen molar-refractivity contribution in [1.82, 2.24) is 9.55 Å². The number of hydrogen-bond donors (Lipinski definition) is 0. The summed E-state index contributed by atoms with van der Waals surface area (Å²) in [5.74, 6) is 0.879. The first-order valence-corrected chi connectivity index (χ1v) is 16.8. The summed E-state index contributed by atoms with van der Waals surface area (Å²) in [6.07, 6.45) is 1.92. The molecule has 0 aliphatic carbocycles. The van der Waals surface area contributed by atoms with E-state index < -0.39 is 0 Å². The standard InChI is InChI=1S/C43H39N5O.Pt/c1-42(2,3)30-25-26-44-41(27-30)46-37-20-11-10-19-35(37)36-24-23-33(29-40(36)46)45(31-15-8-7-9-16-31)32-17-14-18-34(28-32)47-38-21-12-13-22-39(38)48(49-47)43(4,5)6;/h7-27H,1-6H3;/q-2;/p+1. The topological polar surface area (TPSA) is 40.3 Å². The first kappa shape index (κ1) is 33.6. The molecule has 0 bridgehead atoms. The maximum atomic E-state index is 5.08. The molecular formula is C43H40N5OPt-. The van der Waals surface area contributed by atoms with Gasteiger partial charge in [-0.25, -0.2) is 4.98 Å². The van der Waals surface area contributed by atoms with Crippen LogP contribution in [0.15, 0.2) is 128 Å². The second-order valence-corrected chi connectivity index (χ2v) is 14.6. The van der Waals surface area contributed by atoms with Crippen LogP contribution in [-0.2, 0) is 26.5 Å². The Hall–Kier alpha value is -4.90. The number of benzene rings is 5. The van der Waals surface area contributed by atoms with Crippen molar-refractivity contribution in [2.75, 3.05) is 15.0 Å². The summed E-state index contributed by atoms with van der Waals surface area (Å²) in [5.41, 5.74) is 8.86. The summed E-state index contributed by atoms with van der Waals surface area (Å²) in [4.78, 5) is 12.2. The predicted molar refractivity (Wildman–Crippen MR) is 202 cm³/mol. The van der Waals surface area contributed by atoms with Crippen molar-refractivity contribution in [3.63, 3.8) is 0 Å². The monoisotopic (exact) mass is 837 g/mol. The Morgan fingerprint density at radius 1 is 0.660 bits per heavy atom. The van der Waals surface area contributed by atoms with Gasteiger partial charge >= 0.3 is 0 Å². The Labute approximate surface area is 308 Å². The fourth-order valence-electron chi connectivity index (χ4n) is 6.62. The summed E-state index contributed by atoms with van der Waals surface area (Å²) in [5, 5.41) is 6.37. The van der Waals surface area contributed by atoms with Crippen LogP contribution in [0.1, 0.15) is 47.1 Å². The zero-order chi connectivity index (χ0) is 33.9. The minimum absolute atomic E-state index is 0. The summed E-state index contributed by atoms with van der Waals surface area (Å²) in [6.45, 7) is 13.2. The van der Waals surface area contributed by atoms with Gasteiger partial charge in [0.15, 0.2) is 0 Å². The van der Waals surface area contributed by atoms with Gasteiger partial charge in [-0.15, -0.1) is 45.8 Å². The Bertz CT molecular complexity index is 2320. The average Bonchev–Trinajstić information content (AvgIpc) is 3.65. The van der Waals surface area contributed by atoms with Crippen molar-refractivity contribution in [2.24, 2.45) is 0 Å². The maximum Gasteiger partial charge on any atom is 0.145 e. The molecule has 5 aromatic carbocycles. The molecule has 0 atom stereocenters. The van der Waals surface area contributed by atoms with Gasteiger partial charge in [-0.2, -0.15) is 17.1 Å². The number of fused-ring (bicyclic) bond motifs is 4. The molecule has 0 saturated carbocycles. The second-order valence-electron chi connectivity index (χ2n) is 14.6. The van der Waals surface area contributed by atoms with Gasteiger partial charge in [0, 0.05) is 44.2 Å². The first-order valence-electron chi connectivity index (χ1n) is 16.8. The molecule has 1 aliphatic rings. The van der Waals surface area contributed by atoms with E-state index in [1.165, 1.54) is 10.9 Å². The molecule has 6 nitrogen and oxygen atoms in total. The van der Waals surface area contributed by atoms with Gasteiger partial charge < -0.3 is 9.47 Å². The third-order valence-corrected chi connectivity index (χ3v) is 9.05. The predicted octanol–water partition coefficient (Wildman–Crippen LogP) is 11.1. The van der Waals surface area contributed by atoms with Gasteiger partial charge in [0.2, 0.25) is 0 Å². The summed E-state index contributed by atoms with van der Waals surface area (Å²) in [6, 6.07) is 49.8. The van der Waals surface area contributed by atoms with Crippen molar-refractivity contribution in [3.05, 3.63) is 145 Å². The molecule has 7 aromatic rings. The van der Waals surface area contributed by atoms with Crippen molar-refractivity contribution >= 4 is 55.9 Å². The molecule has 3 heterocycles. The molecule has 0 unspecified atom stereocenters. The minimum atomic E-state index is -0.192. The first-order chi connectivity index (χ1) is 23.6. The average molecular weight is 838 g/mol. The van der Waals surface area contributed by atoms with E-state index in [0.717, 1.165) is 56.4 Å². The molecule has 1 N–H and O–H groups in total. The molecule has 0 fully saturated rings. The van der Waals surface area contributed by atoms with Gasteiger partial charge in [0.25, 0.3) is 0 Å². The number of hydrogen-bond acceptors (Lipinski definition) is 4. The van der Waals surface area contributed by atoms with Crippen molar-refractivity contribution < 1.29 is 26.0 Å². The van der Waals surface area contributed by atoms with Crippen LogP contribution in [0.3, 0.4) is 0 Å². The van der Waals surface area contributed by atoms with Crippen LogP contribution in [0.2, 0.25) is 0 Å². The molecule has 8 rings (SSSR count). The van der Waals surface area contributed by atoms with E-state index >= 15 is 0 Å². The van der Waals surface area contributed by atoms with Crippen LogP contribution in [0.4, 0.5) is 34.1 Å². The van der Waals surface area contributed by atoms with Gasteiger partial charge in [-0.3, -0.25) is 0 Å². The van der Waals surface area contributed by atoms with E-state index in [-0.39, 0.29) is 32.0 Å². The van der Waals surface area contributed by atoms with Crippen LogP contribution in [0, 0.1) is 12.1 Å². The minimum Gasteiger partial charge on any atom is -0.358 e. The number of aromatic nitrogens is 2. The normalized spacial score (nSPS) is 13.1. The molecule has 1 aliphatic heterocycles. The van der Waals surface area contributed by atoms with Crippen molar-refractivity contribution in [2.45, 2.75) is 52.5 Å². The van der Waals surface area contributed by atoms with Crippen LogP contribution in [0.5, 0.6) is 0 Å². The zero-order valence-electron chi connectivity index (χ0n) is 29.1. The summed E-state index contributed by atoms with van der Waals surface area (Å²) >= 11 is 0. The Kier molecular flexibility index (Phi) is 8.58. The van der Waals surface area contributed by atoms with Gasteiger partial charge in [-0.05, 0) is 79.6 Å². The SMILES string of the molecule is CC(C)(C)c1ccnc(-n2c3[c-]c(N(c4[c-]c(N5[OH+]N(C(C)(C)C)c6ccccc65)ccc4)c4ccccc4)ccc3c3ccccc32)c1.[Pt]. The number of hydroxylamine groups is 1. The number of pyridine rings is 1. The van der Waals surface area contributed by atoms with E-state index in [1.54, 1.807) is 0 Å². The van der Waals surface area contributed by atoms with E-state index in [4.69, 9.17) is 9.92 Å². The van der Waals surface area contributed by atoms with E-state index in [0.29, 0.717) is 0 Å². The van der Waals surface area contributed by atoms with Crippen molar-refractivity contribution in [1.29, 1.82) is 0 Å². The molecule has 0 spiro atoms. The third kappa shape index (κ3) is 5.87. The van der Waals surface area contributed by atoms with Crippen LogP contribution in [-0.4, -0.2) is 20.0 Å². The Morgan fingerprint density at radius 2 is 1.36 bits per heavy atom. The van der Waals surface area contributed by atoms with Gasteiger partial charge in [0.05, 0.1) is 0 Å². The van der Waals surface area contributed by atoms with Crippen LogP contribution >= 0.6 is 0 Å². The molecule has 0 amide bonds. The molecule has 2 aromatic heterocycles. The Morgan fingerprint density at radius 3 is 2.12 bits per heavy atom. The summed E-state index contributed by atoms with van der Waals surface area (Å²) in [7, 11) is 0. The molecule has 254 valence electrons. The molecule has 0 radical (unpaired) electrons. The number of anilines is 6. The number of rotatable bonds is 5. The van der Waals surface area contributed by atoms with Crippen LogP contribution < -0.4 is 15.0 Å².